The summed E-state index contributed by atoms with van der Waals surface area (Å²) in [6.45, 7) is 2.65. The van der Waals surface area contributed by atoms with E-state index in [0.29, 0.717) is 30.3 Å². The number of carbonyl (C=O) groups excluding carboxylic acids is 1. The van der Waals surface area contributed by atoms with Crippen LogP contribution in [0.2, 0.25) is 0 Å². The Labute approximate surface area is 128 Å². The smallest absolute Gasteiger partial charge is 0.319 e. The van der Waals surface area contributed by atoms with Crippen molar-refractivity contribution < 1.29 is 14.7 Å². The van der Waals surface area contributed by atoms with E-state index in [9.17, 15) is 14.7 Å². The highest BCUT2D eigenvalue weighted by Crippen LogP contribution is 2.48. The van der Waals surface area contributed by atoms with Gasteiger partial charge in [0.2, 0.25) is 0 Å². The lowest BCUT2D eigenvalue weighted by Crippen LogP contribution is -2.33. The number of amides is 2. The lowest BCUT2D eigenvalue weighted by molar-refractivity contribution is -0.140. The van der Waals surface area contributed by atoms with E-state index < -0.39 is 11.4 Å². The molecule has 0 spiro atoms. The van der Waals surface area contributed by atoms with E-state index in [1.807, 2.05) is 13.2 Å². The summed E-state index contributed by atoms with van der Waals surface area (Å²) in [6, 6.07) is 6.80. The summed E-state index contributed by atoms with van der Waals surface area (Å²) in [5, 5.41) is 15.1. The predicted molar refractivity (Wildman–Crippen MR) is 85.0 cm³/mol. The molecule has 1 fully saturated rings. The van der Waals surface area contributed by atoms with Crippen molar-refractivity contribution in [2.24, 2.45) is 0 Å². The van der Waals surface area contributed by atoms with Gasteiger partial charge in [-0.15, -0.1) is 0 Å². The second kappa shape index (κ2) is 6.39. The van der Waals surface area contributed by atoms with Gasteiger partial charge in [-0.25, -0.2) is 4.79 Å². The van der Waals surface area contributed by atoms with Crippen LogP contribution in [0.15, 0.2) is 24.3 Å². The molecule has 1 aliphatic rings. The number of rotatable bonds is 6. The number of nitrogens with one attached hydrogen (secondary N) is 2. The largest absolute Gasteiger partial charge is 0.481 e. The number of carboxylic acids is 1. The zero-order chi connectivity index (χ0) is 15.5. The Balaban J connectivity index is 1.91. The molecule has 21 heavy (non-hydrogen) atoms. The lowest BCUT2D eigenvalue weighted by Gasteiger charge is -2.13. The molecule has 0 radical (unpaired) electrons. The average Bonchev–Trinajstić information content (AvgIpc) is 3.27. The fraction of sp³-hybridized carbons (Fsp3) is 0.467. The molecule has 1 atom stereocenters. The number of thioether (sulfide) groups is 1. The summed E-state index contributed by atoms with van der Waals surface area (Å²) in [5.74, 6) is -0.771. The molecule has 1 saturated carbocycles. The zero-order valence-electron chi connectivity index (χ0n) is 12.2. The second-order valence-electron chi connectivity index (χ2n) is 5.35. The zero-order valence-corrected chi connectivity index (χ0v) is 13.0. The Morgan fingerprint density at radius 3 is 2.43 bits per heavy atom. The fourth-order valence-corrected chi connectivity index (χ4v) is 2.37. The summed E-state index contributed by atoms with van der Waals surface area (Å²) in [5.41, 5.74) is 0.764. The second-order valence-corrected chi connectivity index (χ2v) is 6.62. The monoisotopic (exact) mass is 308 g/mol. The Hall–Kier alpha value is -1.69. The molecule has 1 unspecified atom stereocenters. The molecular weight excluding hydrogens is 288 g/mol. The van der Waals surface area contributed by atoms with Crippen LogP contribution >= 0.6 is 11.8 Å². The van der Waals surface area contributed by atoms with Crippen molar-refractivity contribution in [3.63, 3.8) is 0 Å². The summed E-state index contributed by atoms with van der Waals surface area (Å²) in [4.78, 5) is 23.0. The van der Waals surface area contributed by atoms with Crippen LogP contribution in [0.1, 0.15) is 25.3 Å². The van der Waals surface area contributed by atoms with Gasteiger partial charge in [-0.3, -0.25) is 4.79 Å². The average molecular weight is 308 g/mol. The van der Waals surface area contributed by atoms with Gasteiger partial charge in [-0.05, 0) is 36.8 Å². The molecule has 114 valence electrons. The molecule has 2 rings (SSSR count). The third-order valence-electron chi connectivity index (χ3n) is 3.81. The third kappa shape index (κ3) is 3.69. The van der Waals surface area contributed by atoms with E-state index in [4.69, 9.17) is 0 Å². The summed E-state index contributed by atoms with van der Waals surface area (Å²) in [7, 11) is 0. The third-order valence-corrected chi connectivity index (χ3v) is 4.78. The van der Waals surface area contributed by atoms with Crippen molar-refractivity contribution in [2.45, 2.75) is 30.4 Å². The number of carboxylic acid groups (broad SMARTS) is 1. The molecule has 6 heteroatoms. The maximum Gasteiger partial charge on any atom is 0.319 e. The molecular formula is C15H20N2O3S. The Bertz CT molecular complexity index is 526. The van der Waals surface area contributed by atoms with Gasteiger partial charge in [-0.2, -0.15) is 11.8 Å². The first-order valence-electron chi connectivity index (χ1n) is 6.89. The highest BCUT2D eigenvalue weighted by Gasteiger charge is 2.51. The van der Waals surface area contributed by atoms with Gasteiger partial charge < -0.3 is 15.7 Å². The molecule has 0 saturated heterocycles. The van der Waals surface area contributed by atoms with Crippen molar-refractivity contribution in [1.29, 1.82) is 0 Å². The Kier molecular flexibility index (Phi) is 4.77. The molecule has 1 aromatic carbocycles. The highest BCUT2D eigenvalue weighted by molar-refractivity contribution is 7.99. The van der Waals surface area contributed by atoms with Crippen LogP contribution in [0.3, 0.4) is 0 Å². The van der Waals surface area contributed by atoms with Crippen LogP contribution in [-0.2, 0) is 10.2 Å². The maximum absolute atomic E-state index is 11.7. The lowest BCUT2D eigenvalue weighted by atomic mass is 9.96. The van der Waals surface area contributed by atoms with E-state index in [1.165, 1.54) is 0 Å². The first kappa shape index (κ1) is 15.7. The molecule has 1 aromatic rings. The van der Waals surface area contributed by atoms with Crippen molar-refractivity contribution >= 4 is 29.4 Å². The van der Waals surface area contributed by atoms with Crippen LogP contribution in [0.5, 0.6) is 0 Å². The summed E-state index contributed by atoms with van der Waals surface area (Å²) < 4.78 is 0. The molecule has 2 amide bonds. The van der Waals surface area contributed by atoms with Gasteiger partial charge in [0.25, 0.3) is 0 Å². The van der Waals surface area contributed by atoms with Gasteiger partial charge in [0.15, 0.2) is 0 Å². The number of aliphatic carboxylic acids is 1. The minimum Gasteiger partial charge on any atom is -0.481 e. The van der Waals surface area contributed by atoms with E-state index in [0.717, 1.165) is 5.56 Å². The highest BCUT2D eigenvalue weighted by atomic mass is 32.2. The Morgan fingerprint density at radius 2 is 1.95 bits per heavy atom. The first-order chi connectivity index (χ1) is 9.98. The SMILES string of the molecule is CSC(C)CNC(=O)Nc1ccc(C2(C(=O)O)CC2)cc1. The number of hydrogen-bond acceptors (Lipinski definition) is 3. The molecule has 1 aliphatic carbocycles. The van der Waals surface area contributed by atoms with Crippen LogP contribution in [0.4, 0.5) is 10.5 Å². The minimum absolute atomic E-state index is 0.247. The predicted octanol–water partition coefficient (Wildman–Crippen LogP) is 2.68. The van der Waals surface area contributed by atoms with Gasteiger partial charge >= 0.3 is 12.0 Å². The van der Waals surface area contributed by atoms with Gasteiger partial charge in [0, 0.05) is 17.5 Å². The molecule has 0 aliphatic heterocycles. The molecule has 5 nitrogen and oxygen atoms in total. The minimum atomic E-state index is -0.771. The number of anilines is 1. The van der Waals surface area contributed by atoms with Crippen molar-refractivity contribution in [2.75, 3.05) is 18.1 Å². The summed E-state index contributed by atoms with van der Waals surface area (Å²) >= 11 is 1.69. The van der Waals surface area contributed by atoms with Gasteiger partial charge in [0.05, 0.1) is 5.41 Å². The number of carbonyl (C=O) groups is 2. The molecule has 0 bridgehead atoms. The maximum atomic E-state index is 11.7. The quantitative estimate of drug-likeness (QED) is 0.755. The van der Waals surface area contributed by atoms with E-state index in [2.05, 4.69) is 10.6 Å². The first-order valence-corrected chi connectivity index (χ1v) is 8.18. The van der Waals surface area contributed by atoms with Crippen LogP contribution in [0, 0.1) is 0 Å². The van der Waals surface area contributed by atoms with Gasteiger partial charge in [-0.1, -0.05) is 19.1 Å². The van der Waals surface area contributed by atoms with E-state index in [1.54, 1.807) is 36.0 Å². The van der Waals surface area contributed by atoms with Gasteiger partial charge in [0.1, 0.15) is 0 Å². The van der Waals surface area contributed by atoms with Crippen LogP contribution < -0.4 is 10.6 Å². The van der Waals surface area contributed by atoms with Crippen molar-refractivity contribution in [3.05, 3.63) is 29.8 Å². The topological polar surface area (TPSA) is 78.4 Å². The number of urea groups is 1. The normalized spacial score (nSPS) is 16.9. The van der Waals surface area contributed by atoms with Crippen LogP contribution in [-0.4, -0.2) is 35.2 Å². The standard InChI is InChI=1S/C15H20N2O3S/c1-10(21-2)9-16-14(20)17-12-5-3-11(4-6-12)15(7-8-15)13(18)19/h3-6,10H,7-9H2,1-2H3,(H,18,19)(H2,16,17,20). The van der Waals surface area contributed by atoms with E-state index in [-0.39, 0.29) is 6.03 Å². The molecule has 3 N–H and O–H groups in total. The molecule has 0 aromatic heterocycles. The fourth-order valence-electron chi connectivity index (χ4n) is 2.12. The van der Waals surface area contributed by atoms with Crippen LogP contribution in [0.25, 0.3) is 0 Å². The number of hydrogen-bond donors (Lipinski definition) is 3. The summed E-state index contributed by atoms with van der Waals surface area (Å²) in [6.07, 6.45) is 3.36. The van der Waals surface area contributed by atoms with Crippen molar-refractivity contribution in [3.8, 4) is 0 Å². The molecule has 0 heterocycles. The van der Waals surface area contributed by atoms with Crippen molar-refractivity contribution in [1.82, 2.24) is 5.32 Å². The van der Waals surface area contributed by atoms with E-state index >= 15 is 0 Å². The Morgan fingerprint density at radius 1 is 1.33 bits per heavy atom. The number of benzene rings is 1.